The van der Waals surface area contributed by atoms with E-state index in [0.29, 0.717) is 33.5 Å². The number of aromatic nitrogens is 1. The van der Waals surface area contributed by atoms with Crippen molar-refractivity contribution in [1.29, 1.82) is 0 Å². The first-order valence-corrected chi connectivity index (χ1v) is 8.66. The molecule has 2 N–H and O–H groups in total. The standard InChI is InChI=1S/C17H14ClN3O3S/c1-2-24-15(22)10-6-7-13-14(8-10)25-17(20-13)21-16(23)19-12-5-3-4-11(18)9-12/h3-9H,2H2,1H3,(H2,19,20,21,23). The van der Waals surface area contributed by atoms with E-state index in [2.05, 4.69) is 15.6 Å². The van der Waals surface area contributed by atoms with Gasteiger partial charge in [-0.25, -0.2) is 14.6 Å². The minimum absolute atomic E-state index is 0.316. The highest BCUT2D eigenvalue weighted by atomic mass is 35.5. The van der Waals surface area contributed by atoms with Crippen LogP contribution in [0.5, 0.6) is 0 Å². The molecule has 0 saturated heterocycles. The van der Waals surface area contributed by atoms with Gasteiger partial charge in [0.05, 0.1) is 22.4 Å². The van der Waals surface area contributed by atoms with Crippen LogP contribution < -0.4 is 10.6 Å². The number of amides is 2. The van der Waals surface area contributed by atoms with Crippen molar-refractivity contribution in [3.8, 4) is 0 Å². The molecule has 0 spiro atoms. The number of esters is 1. The number of urea groups is 1. The minimum Gasteiger partial charge on any atom is -0.462 e. The summed E-state index contributed by atoms with van der Waals surface area (Å²) in [5.41, 5.74) is 1.72. The molecule has 0 unspecified atom stereocenters. The molecule has 8 heteroatoms. The zero-order valence-electron chi connectivity index (χ0n) is 13.2. The maximum atomic E-state index is 12.1. The molecule has 0 aliphatic heterocycles. The predicted octanol–water partition coefficient (Wildman–Crippen LogP) is 4.77. The van der Waals surface area contributed by atoms with Crippen LogP contribution >= 0.6 is 22.9 Å². The largest absolute Gasteiger partial charge is 0.462 e. The number of nitrogens with zero attached hydrogens (tertiary/aromatic N) is 1. The number of hydrogen-bond acceptors (Lipinski definition) is 5. The van der Waals surface area contributed by atoms with Gasteiger partial charge in [-0.1, -0.05) is 29.0 Å². The summed E-state index contributed by atoms with van der Waals surface area (Å²) in [7, 11) is 0. The van der Waals surface area contributed by atoms with Crippen molar-refractivity contribution >= 4 is 56.0 Å². The molecule has 0 aliphatic carbocycles. The molecular weight excluding hydrogens is 362 g/mol. The van der Waals surface area contributed by atoms with Crippen LogP contribution in [0.2, 0.25) is 5.02 Å². The van der Waals surface area contributed by atoms with Gasteiger partial charge in [0.2, 0.25) is 0 Å². The average molecular weight is 376 g/mol. The van der Waals surface area contributed by atoms with Crippen LogP contribution in [0.3, 0.4) is 0 Å². The van der Waals surface area contributed by atoms with E-state index >= 15 is 0 Å². The second kappa shape index (κ2) is 7.50. The molecule has 3 rings (SSSR count). The summed E-state index contributed by atoms with van der Waals surface area (Å²) in [6.07, 6.45) is 0. The smallest absolute Gasteiger partial charge is 0.338 e. The third-order valence-corrected chi connectivity index (χ3v) is 4.37. The Morgan fingerprint density at radius 2 is 2.04 bits per heavy atom. The number of halogens is 1. The second-order valence-electron chi connectivity index (χ2n) is 5.01. The fourth-order valence-corrected chi connectivity index (χ4v) is 3.24. The Bertz CT molecular complexity index is 942. The fraction of sp³-hybridized carbons (Fsp3) is 0.118. The molecule has 0 aliphatic rings. The quantitative estimate of drug-likeness (QED) is 0.643. The summed E-state index contributed by atoms with van der Waals surface area (Å²) in [6.45, 7) is 2.07. The molecule has 3 aromatic rings. The number of nitrogens with one attached hydrogen (secondary N) is 2. The molecule has 128 valence electrons. The summed E-state index contributed by atoms with van der Waals surface area (Å²) in [4.78, 5) is 28.2. The first kappa shape index (κ1) is 17.2. The number of benzene rings is 2. The second-order valence-corrected chi connectivity index (χ2v) is 6.48. The van der Waals surface area contributed by atoms with Crippen LogP contribution in [-0.4, -0.2) is 23.6 Å². The van der Waals surface area contributed by atoms with Crippen molar-refractivity contribution in [1.82, 2.24) is 4.98 Å². The number of rotatable bonds is 4. The van der Waals surface area contributed by atoms with Gasteiger partial charge in [-0.05, 0) is 43.3 Å². The highest BCUT2D eigenvalue weighted by Gasteiger charge is 2.12. The van der Waals surface area contributed by atoms with E-state index in [9.17, 15) is 9.59 Å². The number of ether oxygens (including phenoxy) is 1. The molecule has 6 nitrogen and oxygen atoms in total. The molecule has 2 amide bonds. The summed E-state index contributed by atoms with van der Waals surface area (Å²) in [5, 5.41) is 6.31. The van der Waals surface area contributed by atoms with Gasteiger partial charge in [-0.15, -0.1) is 0 Å². The zero-order valence-corrected chi connectivity index (χ0v) is 14.8. The molecule has 0 radical (unpaired) electrons. The van der Waals surface area contributed by atoms with Gasteiger partial charge in [0.15, 0.2) is 5.13 Å². The number of fused-ring (bicyclic) bond motifs is 1. The SMILES string of the molecule is CCOC(=O)c1ccc2nc(NC(=O)Nc3cccc(Cl)c3)sc2c1. The molecule has 0 atom stereocenters. The van der Waals surface area contributed by atoms with Crippen LogP contribution in [0, 0.1) is 0 Å². The lowest BCUT2D eigenvalue weighted by Crippen LogP contribution is -2.19. The highest BCUT2D eigenvalue weighted by molar-refractivity contribution is 7.22. The summed E-state index contributed by atoms with van der Waals surface area (Å²) in [6, 6.07) is 11.5. The van der Waals surface area contributed by atoms with Crippen LogP contribution in [0.1, 0.15) is 17.3 Å². The fourth-order valence-electron chi connectivity index (χ4n) is 2.15. The Morgan fingerprint density at radius 3 is 2.80 bits per heavy atom. The first-order chi connectivity index (χ1) is 12.0. The minimum atomic E-state index is -0.424. The van der Waals surface area contributed by atoms with Gasteiger partial charge in [0.1, 0.15) is 0 Å². The topological polar surface area (TPSA) is 80.3 Å². The number of carbonyl (C=O) groups is 2. The third kappa shape index (κ3) is 4.26. The molecule has 0 saturated carbocycles. The molecule has 1 aromatic heterocycles. The first-order valence-electron chi connectivity index (χ1n) is 7.46. The van der Waals surface area contributed by atoms with Crippen molar-refractivity contribution in [3.63, 3.8) is 0 Å². The van der Waals surface area contributed by atoms with Crippen LogP contribution in [0.4, 0.5) is 15.6 Å². The van der Waals surface area contributed by atoms with Gasteiger partial charge in [-0.3, -0.25) is 5.32 Å². The summed E-state index contributed by atoms with van der Waals surface area (Å²) >= 11 is 7.16. The lowest BCUT2D eigenvalue weighted by Gasteiger charge is -2.05. The number of anilines is 2. The normalized spacial score (nSPS) is 10.5. The third-order valence-electron chi connectivity index (χ3n) is 3.20. The molecule has 0 fully saturated rings. The number of hydrogen-bond donors (Lipinski definition) is 2. The lowest BCUT2D eigenvalue weighted by atomic mass is 10.2. The van der Waals surface area contributed by atoms with Gasteiger partial charge in [0, 0.05) is 10.7 Å². The van der Waals surface area contributed by atoms with Crippen molar-refractivity contribution in [3.05, 3.63) is 53.1 Å². The van der Waals surface area contributed by atoms with Gasteiger partial charge in [0.25, 0.3) is 0 Å². The molecule has 25 heavy (non-hydrogen) atoms. The Labute approximate surface area is 152 Å². The highest BCUT2D eigenvalue weighted by Crippen LogP contribution is 2.27. The van der Waals surface area contributed by atoms with E-state index in [0.717, 1.165) is 4.70 Å². The van der Waals surface area contributed by atoms with E-state index in [1.54, 1.807) is 49.4 Å². The summed E-state index contributed by atoms with van der Waals surface area (Å²) < 4.78 is 5.76. The Morgan fingerprint density at radius 1 is 1.20 bits per heavy atom. The van der Waals surface area contributed by atoms with Crippen molar-refractivity contribution in [2.75, 3.05) is 17.2 Å². The van der Waals surface area contributed by atoms with Gasteiger partial charge >= 0.3 is 12.0 Å². The van der Waals surface area contributed by atoms with Crippen LogP contribution in [0.25, 0.3) is 10.2 Å². The maximum Gasteiger partial charge on any atom is 0.338 e. The zero-order chi connectivity index (χ0) is 17.8. The van der Waals surface area contributed by atoms with E-state index in [-0.39, 0.29) is 5.97 Å². The molecule has 1 heterocycles. The predicted molar refractivity (Wildman–Crippen MR) is 99.7 cm³/mol. The van der Waals surface area contributed by atoms with E-state index in [1.165, 1.54) is 11.3 Å². The van der Waals surface area contributed by atoms with Gasteiger partial charge in [-0.2, -0.15) is 0 Å². The van der Waals surface area contributed by atoms with Crippen molar-refractivity contribution in [2.24, 2.45) is 0 Å². The van der Waals surface area contributed by atoms with E-state index in [1.807, 2.05) is 0 Å². The Balaban J connectivity index is 1.73. The summed E-state index contributed by atoms with van der Waals surface area (Å²) in [5.74, 6) is -0.383. The lowest BCUT2D eigenvalue weighted by molar-refractivity contribution is 0.0526. The molecule has 2 aromatic carbocycles. The average Bonchev–Trinajstić information content (AvgIpc) is 2.96. The van der Waals surface area contributed by atoms with E-state index in [4.69, 9.17) is 16.3 Å². The van der Waals surface area contributed by atoms with Crippen molar-refractivity contribution < 1.29 is 14.3 Å². The Hall–Kier alpha value is -2.64. The number of carbonyl (C=O) groups excluding carboxylic acids is 2. The monoisotopic (exact) mass is 375 g/mol. The molecular formula is C17H14ClN3O3S. The van der Waals surface area contributed by atoms with E-state index < -0.39 is 6.03 Å². The van der Waals surface area contributed by atoms with Crippen LogP contribution in [0.15, 0.2) is 42.5 Å². The molecule has 0 bridgehead atoms. The maximum absolute atomic E-state index is 12.1. The van der Waals surface area contributed by atoms with Crippen LogP contribution in [-0.2, 0) is 4.74 Å². The Kier molecular flexibility index (Phi) is 5.16. The van der Waals surface area contributed by atoms with Gasteiger partial charge < -0.3 is 10.1 Å². The number of thiazole rings is 1. The van der Waals surface area contributed by atoms with Crippen molar-refractivity contribution in [2.45, 2.75) is 6.92 Å².